The lowest BCUT2D eigenvalue weighted by atomic mass is 10.2. The molecule has 5 nitrogen and oxygen atoms in total. The van der Waals surface area contributed by atoms with E-state index in [4.69, 9.17) is 16.3 Å². The third kappa shape index (κ3) is 3.21. The molecule has 0 bridgehead atoms. The average Bonchev–Trinajstić information content (AvgIpc) is 2.34. The number of pyridine rings is 1. The number of hydrogen-bond donors (Lipinski definition) is 0. The lowest BCUT2D eigenvalue weighted by Gasteiger charge is -2.09. The summed E-state index contributed by atoms with van der Waals surface area (Å²) in [6, 6.07) is 6.02. The van der Waals surface area contributed by atoms with Crippen LogP contribution in [0.4, 0.5) is 5.69 Å². The molecule has 19 heavy (non-hydrogen) atoms. The molecular weight excluding hydrogens is 336 g/mol. The van der Waals surface area contributed by atoms with Gasteiger partial charge in [0, 0.05) is 18.3 Å². The van der Waals surface area contributed by atoms with Crippen LogP contribution in [-0.2, 0) is 0 Å². The van der Waals surface area contributed by atoms with Gasteiger partial charge >= 0.3 is 0 Å². The SMILES string of the molecule is Cc1cc([N+](=O)[O-])ccc1Oc1ncc(Cl)cc1Br. The fraction of sp³-hybridized carbons (Fsp3) is 0.0833. The molecule has 2 rings (SSSR count). The molecule has 0 radical (unpaired) electrons. The van der Waals surface area contributed by atoms with Crippen LogP contribution in [0.5, 0.6) is 11.6 Å². The zero-order chi connectivity index (χ0) is 14.0. The Hall–Kier alpha value is -1.66. The van der Waals surface area contributed by atoms with E-state index in [9.17, 15) is 10.1 Å². The summed E-state index contributed by atoms with van der Waals surface area (Å²) in [6.45, 7) is 1.73. The second-order valence-corrected chi connectivity index (χ2v) is 5.04. The molecule has 0 aliphatic carbocycles. The Bertz CT molecular complexity index is 649. The van der Waals surface area contributed by atoms with E-state index in [1.54, 1.807) is 13.0 Å². The van der Waals surface area contributed by atoms with Gasteiger partial charge in [0.25, 0.3) is 5.69 Å². The highest BCUT2D eigenvalue weighted by Crippen LogP contribution is 2.32. The number of nitro groups is 1. The van der Waals surface area contributed by atoms with Crippen molar-refractivity contribution in [3.8, 4) is 11.6 Å². The third-order valence-corrected chi connectivity index (χ3v) is 3.12. The Morgan fingerprint density at radius 1 is 1.42 bits per heavy atom. The van der Waals surface area contributed by atoms with Crippen LogP contribution in [0.1, 0.15) is 5.56 Å². The maximum atomic E-state index is 10.6. The van der Waals surface area contributed by atoms with Crippen LogP contribution in [0.3, 0.4) is 0 Å². The molecule has 0 unspecified atom stereocenters. The van der Waals surface area contributed by atoms with Crippen LogP contribution in [0.25, 0.3) is 0 Å². The third-order valence-electron chi connectivity index (χ3n) is 2.35. The van der Waals surface area contributed by atoms with Crippen LogP contribution >= 0.6 is 27.5 Å². The number of halogens is 2. The van der Waals surface area contributed by atoms with Crippen molar-refractivity contribution in [1.29, 1.82) is 0 Å². The van der Waals surface area contributed by atoms with Crippen LogP contribution < -0.4 is 4.74 Å². The standard InChI is InChI=1S/C12H8BrClN2O3/c1-7-4-9(16(17)18)2-3-11(7)19-12-10(13)5-8(14)6-15-12/h2-6H,1H3. The van der Waals surface area contributed by atoms with Crippen LogP contribution in [-0.4, -0.2) is 9.91 Å². The molecule has 2 aromatic rings. The number of aromatic nitrogens is 1. The maximum absolute atomic E-state index is 10.6. The lowest BCUT2D eigenvalue weighted by Crippen LogP contribution is -1.93. The van der Waals surface area contributed by atoms with Gasteiger partial charge in [-0.15, -0.1) is 0 Å². The monoisotopic (exact) mass is 342 g/mol. The van der Waals surface area contributed by atoms with Crippen molar-refractivity contribution in [3.05, 3.63) is 55.6 Å². The first kappa shape index (κ1) is 13.8. The highest BCUT2D eigenvalue weighted by atomic mass is 79.9. The number of benzene rings is 1. The fourth-order valence-corrected chi connectivity index (χ4v) is 2.16. The van der Waals surface area contributed by atoms with Gasteiger partial charge in [0.1, 0.15) is 5.75 Å². The summed E-state index contributed by atoms with van der Waals surface area (Å²) in [4.78, 5) is 14.2. The summed E-state index contributed by atoms with van der Waals surface area (Å²) in [5.41, 5.74) is 0.672. The summed E-state index contributed by atoms with van der Waals surface area (Å²) in [5.74, 6) is 0.850. The predicted molar refractivity (Wildman–Crippen MR) is 74.9 cm³/mol. The zero-order valence-electron chi connectivity index (χ0n) is 9.76. The van der Waals surface area contributed by atoms with Crippen LogP contribution in [0.2, 0.25) is 5.02 Å². The minimum absolute atomic E-state index is 0.0213. The van der Waals surface area contributed by atoms with Crippen molar-refractivity contribution in [3.63, 3.8) is 0 Å². The van der Waals surface area contributed by atoms with Gasteiger partial charge in [-0.25, -0.2) is 4.98 Å². The Balaban J connectivity index is 2.31. The first-order valence-corrected chi connectivity index (χ1v) is 6.38. The zero-order valence-corrected chi connectivity index (χ0v) is 12.1. The number of non-ortho nitro benzene ring substituents is 1. The van der Waals surface area contributed by atoms with Crippen molar-refractivity contribution >= 4 is 33.2 Å². The van der Waals surface area contributed by atoms with Gasteiger partial charge in [-0.05, 0) is 40.5 Å². The molecule has 0 saturated heterocycles. The number of hydrogen-bond acceptors (Lipinski definition) is 4. The molecule has 0 N–H and O–H groups in total. The molecule has 0 amide bonds. The van der Waals surface area contributed by atoms with Crippen molar-refractivity contribution in [1.82, 2.24) is 4.98 Å². The molecule has 0 fully saturated rings. The highest BCUT2D eigenvalue weighted by molar-refractivity contribution is 9.10. The van der Waals surface area contributed by atoms with E-state index >= 15 is 0 Å². The smallest absolute Gasteiger partial charge is 0.269 e. The molecule has 0 atom stereocenters. The maximum Gasteiger partial charge on any atom is 0.269 e. The number of ether oxygens (including phenoxy) is 1. The Kier molecular flexibility index (Phi) is 4.01. The number of aryl methyl sites for hydroxylation is 1. The molecule has 7 heteroatoms. The Labute approximate surface area is 122 Å². The number of rotatable bonds is 3. The van der Waals surface area contributed by atoms with E-state index in [2.05, 4.69) is 20.9 Å². The van der Waals surface area contributed by atoms with Crippen LogP contribution in [0.15, 0.2) is 34.9 Å². The van der Waals surface area contributed by atoms with Crippen molar-refractivity contribution in [2.75, 3.05) is 0 Å². The minimum Gasteiger partial charge on any atom is -0.438 e. The second-order valence-electron chi connectivity index (χ2n) is 3.75. The fourth-order valence-electron chi connectivity index (χ4n) is 1.44. The second kappa shape index (κ2) is 5.54. The molecule has 0 aliphatic rings. The van der Waals surface area contributed by atoms with Gasteiger partial charge in [0.2, 0.25) is 5.88 Å². The van der Waals surface area contributed by atoms with E-state index in [0.717, 1.165) is 0 Å². The summed E-state index contributed by atoms with van der Waals surface area (Å²) in [6.07, 6.45) is 1.46. The Morgan fingerprint density at radius 3 is 2.74 bits per heavy atom. The minimum atomic E-state index is -0.451. The summed E-state index contributed by atoms with van der Waals surface area (Å²) >= 11 is 9.07. The quantitative estimate of drug-likeness (QED) is 0.607. The molecule has 98 valence electrons. The molecular formula is C12H8BrClN2O3. The van der Waals surface area contributed by atoms with E-state index < -0.39 is 4.92 Å². The van der Waals surface area contributed by atoms with Gasteiger partial charge in [-0.2, -0.15) is 0 Å². The van der Waals surface area contributed by atoms with Gasteiger partial charge in [-0.3, -0.25) is 10.1 Å². The lowest BCUT2D eigenvalue weighted by molar-refractivity contribution is -0.384. The van der Waals surface area contributed by atoms with Crippen LogP contribution in [0, 0.1) is 17.0 Å². The normalized spacial score (nSPS) is 10.3. The van der Waals surface area contributed by atoms with Gasteiger partial charge in [0.05, 0.1) is 14.4 Å². The van der Waals surface area contributed by atoms with Gasteiger partial charge < -0.3 is 4.74 Å². The van der Waals surface area contributed by atoms with Crippen molar-refractivity contribution < 1.29 is 9.66 Å². The number of nitrogens with zero attached hydrogens (tertiary/aromatic N) is 2. The topological polar surface area (TPSA) is 65.3 Å². The first-order chi connectivity index (χ1) is 8.97. The van der Waals surface area contributed by atoms with Crippen molar-refractivity contribution in [2.45, 2.75) is 6.92 Å². The van der Waals surface area contributed by atoms with Gasteiger partial charge in [-0.1, -0.05) is 11.6 Å². The summed E-state index contributed by atoms with van der Waals surface area (Å²) in [7, 11) is 0. The van der Waals surface area contributed by atoms with E-state index in [1.807, 2.05) is 0 Å². The molecule has 0 spiro atoms. The highest BCUT2D eigenvalue weighted by Gasteiger charge is 2.11. The van der Waals surface area contributed by atoms with E-state index in [-0.39, 0.29) is 5.69 Å². The first-order valence-electron chi connectivity index (χ1n) is 5.21. The molecule has 0 saturated carbocycles. The predicted octanol–water partition coefficient (Wildman–Crippen LogP) is 4.51. The van der Waals surface area contributed by atoms with E-state index in [0.29, 0.717) is 26.7 Å². The number of nitro benzene ring substituents is 1. The molecule has 1 aromatic carbocycles. The molecule has 1 aromatic heterocycles. The average molecular weight is 344 g/mol. The van der Waals surface area contributed by atoms with Crippen molar-refractivity contribution in [2.24, 2.45) is 0 Å². The summed E-state index contributed by atoms with van der Waals surface area (Å²) in [5, 5.41) is 11.1. The van der Waals surface area contributed by atoms with E-state index in [1.165, 1.54) is 24.4 Å². The van der Waals surface area contributed by atoms with Gasteiger partial charge in [0.15, 0.2) is 0 Å². The Morgan fingerprint density at radius 2 is 2.16 bits per heavy atom. The summed E-state index contributed by atoms with van der Waals surface area (Å²) < 4.78 is 6.20. The molecule has 1 heterocycles. The molecule has 0 aliphatic heterocycles. The largest absolute Gasteiger partial charge is 0.438 e.